The number of nitrogens with one attached hydrogen (secondary N) is 2. The van der Waals surface area contributed by atoms with E-state index in [1.54, 1.807) is 24.3 Å². The van der Waals surface area contributed by atoms with Gasteiger partial charge in [-0.3, -0.25) is 14.4 Å². The van der Waals surface area contributed by atoms with E-state index in [9.17, 15) is 14.4 Å². The minimum Gasteiger partial charge on any atom is -0.454 e. The third-order valence-electron chi connectivity index (χ3n) is 9.35. The maximum Gasteiger partial charge on any atom is 0.255 e. The van der Waals surface area contributed by atoms with Crippen LogP contribution in [0.3, 0.4) is 0 Å². The summed E-state index contributed by atoms with van der Waals surface area (Å²) in [6.45, 7) is 2.89. The molecule has 4 N–H and O–H groups in total. The Morgan fingerprint density at radius 3 is 2.30 bits per heavy atom. The SMILES string of the molecule is NC1CCC(NC(=O)c2ccc(N3CCCN(C(=O)C4CCCCC4)CC3)c(NC(=O)c3ccc4c(c3)OCO4)c2)CC1. The molecule has 3 amide bonds. The van der Waals surface area contributed by atoms with Crippen molar-refractivity contribution in [2.75, 3.05) is 43.2 Å². The molecule has 2 aromatic rings. The zero-order valence-corrected chi connectivity index (χ0v) is 24.8. The largest absolute Gasteiger partial charge is 0.454 e. The monoisotopic (exact) mass is 589 g/mol. The van der Waals surface area contributed by atoms with Gasteiger partial charge in [0.05, 0.1) is 11.4 Å². The Balaban J connectivity index is 1.21. The maximum absolute atomic E-state index is 13.5. The highest BCUT2D eigenvalue weighted by atomic mass is 16.7. The van der Waals surface area contributed by atoms with Crippen LogP contribution in [0.15, 0.2) is 36.4 Å². The molecule has 0 aromatic heterocycles. The van der Waals surface area contributed by atoms with E-state index in [-0.39, 0.29) is 42.5 Å². The summed E-state index contributed by atoms with van der Waals surface area (Å²) >= 11 is 0. The summed E-state index contributed by atoms with van der Waals surface area (Å²) < 4.78 is 10.9. The molecule has 6 rings (SSSR count). The summed E-state index contributed by atoms with van der Waals surface area (Å²) in [6.07, 6.45) is 9.84. The molecule has 0 spiro atoms. The van der Waals surface area contributed by atoms with E-state index < -0.39 is 0 Å². The van der Waals surface area contributed by atoms with E-state index in [1.165, 1.54) is 6.42 Å². The first kappa shape index (κ1) is 29.3. The molecule has 2 saturated carbocycles. The number of amides is 3. The van der Waals surface area contributed by atoms with Crippen molar-refractivity contribution in [2.24, 2.45) is 11.7 Å². The molecule has 2 aromatic carbocycles. The molecule has 4 aliphatic rings. The van der Waals surface area contributed by atoms with Crippen LogP contribution in [0, 0.1) is 5.92 Å². The van der Waals surface area contributed by atoms with Gasteiger partial charge in [-0.25, -0.2) is 0 Å². The number of carbonyl (C=O) groups excluding carboxylic acids is 3. The van der Waals surface area contributed by atoms with E-state index >= 15 is 0 Å². The van der Waals surface area contributed by atoms with Crippen LogP contribution in [-0.2, 0) is 4.79 Å². The number of anilines is 2. The topological polar surface area (TPSA) is 126 Å². The molecular weight excluding hydrogens is 546 g/mol. The van der Waals surface area contributed by atoms with Gasteiger partial charge in [-0.15, -0.1) is 0 Å². The number of fused-ring (bicyclic) bond motifs is 1. The third-order valence-corrected chi connectivity index (χ3v) is 9.35. The van der Waals surface area contributed by atoms with Gasteiger partial charge in [0.2, 0.25) is 12.7 Å². The molecule has 1 saturated heterocycles. The molecule has 0 radical (unpaired) electrons. The summed E-state index contributed by atoms with van der Waals surface area (Å²) in [5.41, 5.74) is 8.37. The van der Waals surface area contributed by atoms with Crippen LogP contribution in [-0.4, -0.2) is 67.7 Å². The number of ether oxygens (including phenoxy) is 2. The highest BCUT2D eigenvalue weighted by molar-refractivity contribution is 6.07. The molecule has 0 atom stereocenters. The maximum atomic E-state index is 13.5. The van der Waals surface area contributed by atoms with Gasteiger partial charge in [0, 0.05) is 55.3 Å². The molecule has 2 aliphatic carbocycles. The molecule has 2 aliphatic heterocycles. The number of benzene rings is 2. The van der Waals surface area contributed by atoms with Crippen LogP contribution >= 0.6 is 0 Å². The number of hydrogen-bond donors (Lipinski definition) is 3. The van der Waals surface area contributed by atoms with Crippen molar-refractivity contribution in [3.8, 4) is 11.5 Å². The van der Waals surface area contributed by atoms with Crippen molar-refractivity contribution in [2.45, 2.75) is 76.3 Å². The summed E-state index contributed by atoms with van der Waals surface area (Å²) in [7, 11) is 0. The second-order valence-corrected chi connectivity index (χ2v) is 12.3. The Hall–Kier alpha value is -3.79. The van der Waals surface area contributed by atoms with Crippen LogP contribution in [0.25, 0.3) is 0 Å². The Bertz CT molecular complexity index is 1330. The fourth-order valence-electron chi connectivity index (χ4n) is 6.80. The first-order valence-electron chi connectivity index (χ1n) is 15.9. The quantitative estimate of drug-likeness (QED) is 0.459. The lowest BCUT2D eigenvalue weighted by Gasteiger charge is -2.29. The van der Waals surface area contributed by atoms with E-state index in [2.05, 4.69) is 15.5 Å². The predicted octanol–water partition coefficient (Wildman–Crippen LogP) is 4.29. The average Bonchev–Trinajstić information content (AvgIpc) is 3.37. The Kier molecular flexibility index (Phi) is 9.02. The highest BCUT2D eigenvalue weighted by Gasteiger charge is 2.29. The smallest absolute Gasteiger partial charge is 0.255 e. The van der Waals surface area contributed by atoms with Gasteiger partial charge in [0.15, 0.2) is 11.5 Å². The van der Waals surface area contributed by atoms with E-state index in [1.807, 2.05) is 17.0 Å². The molecule has 10 heteroatoms. The van der Waals surface area contributed by atoms with Crippen molar-refractivity contribution in [1.82, 2.24) is 10.2 Å². The standard InChI is InChI=1S/C33H43N5O5/c34-25-9-11-26(12-10-25)35-31(39)23-7-13-28(27(19-23)36-32(40)24-8-14-29-30(20-24)43-21-42-29)37-15-4-16-38(18-17-37)33(41)22-5-2-1-3-6-22/h7-8,13-14,19-20,22,25-26H,1-6,9-12,15-18,21,34H2,(H,35,39)(H,36,40). The van der Waals surface area contributed by atoms with E-state index in [0.717, 1.165) is 76.6 Å². The zero-order valence-electron chi connectivity index (χ0n) is 24.8. The van der Waals surface area contributed by atoms with Crippen LogP contribution in [0.5, 0.6) is 11.5 Å². The third kappa shape index (κ3) is 6.90. The molecule has 230 valence electrons. The van der Waals surface area contributed by atoms with Gasteiger partial charge >= 0.3 is 0 Å². The lowest BCUT2D eigenvalue weighted by molar-refractivity contribution is -0.136. The number of nitrogens with two attached hydrogens (primary N) is 1. The number of rotatable bonds is 6. The molecule has 43 heavy (non-hydrogen) atoms. The van der Waals surface area contributed by atoms with E-state index in [0.29, 0.717) is 41.4 Å². The summed E-state index contributed by atoms with van der Waals surface area (Å²) in [6, 6.07) is 10.9. The highest BCUT2D eigenvalue weighted by Crippen LogP contribution is 2.34. The molecule has 0 bridgehead atoms. The zero-order chi connectivity index (χ0) is 29.8. The van der Waals surface area contributed by atoms with Crippen molar-refractivity contribution in [1.29, 1.82) is 0 Å². The lowest BCUT2D eigenvalue weighted by Crippen LogP contribution is -2.40. The van der Waals surface area contributed by atoms with Crippen molar-refractivity contribution < 1.29 is 23.9 Å². The summed E-state index contributed by atoms with van der Waals surface area (Å²) in [5, 5.41) is 6.23. The molecule has 2 heterocycles. The first-order chi connectivity index (χ1) is 20.9. The minimum atomic E-state index is -0.303. The average molecular weight is 590 g/mol. The van der Waals surface area contributed by atoms with Gasteiger partial charge in [0.25, 0.3) is 11.8 Å². The normalized spacial score (nSPS) is 22.5. The second-order valence-electron chi connectivity index (χ2n) is 12.3. The van der Waals surface area contributed by atoms with Gasteiger partial charge in [-0.2, -0.15) is 0 Å². The Morgan fingerprint density at radius 2 is 1.49 bits per heavy atom. The minimum absolute atomic E-state index is 0.0944. The molecular formula is C33H43N5O5. The van der Waals surface area contributed by atoms with Crippen molar-refractivity contribution in [3.63, 3.8) is 0 Å². The lowest BCUT2D eigenvalue weighted by atomic mass is 9.88. The first-order valence-corrected chi connectivity index (χ1v) is 15.9. The Morgan fingerprint density at radius 1 is 0.744 bits per heavy atom. The van der Waals surface area contributed by atoms with Crippen LogP contribution in [0.2, 0.25) is 0 Å². The number of carbonyl (C=O) groups is 3. The van der Waals surface area contributed by atoms with Gasteiger partial charge < -0.3 is 35.6 Å². The van der Waals surface area contributed by atoms with Gasteiger partial charge in [-0.1, -0.05) is 19.3 Å². The fourth-order valence-corrected chi connectivity index (χ4v) is 6.80. The Labute approximate surface area is 253 Å². The van der Waals surface area contributed by atoms with Gasteiger partial charge in [-0.05, 0) is 81.3 Å². The van der Waals surface area contributed by atoms with E-state index in [4.69, 9.17) is 15.2 Å². The van der Waals surface area contributed by atoms with Crippen molar-refractivity contribution >= 4 is 29.1 Å². The van der Waals surface area contributed by atoms with Crippen LogP contribution in [0.4, 0.5) is 11.4 Å². The summed E-state index contributed by atoms with van der Waals surface area (Å²) in [4.78, 5) is 44.3. The second kappa shape index (κ2) is 13.2. The van der Waals surface area contributed by atoms with Crippen LogP contribution < -0.4 is 30.7 Å². The predicted molar refractivity (Wildman–Crippen MR) is 165 cm³/mol. The van der Waals surface area contributed by atoms with Gasteiger partial charge in [0.1, 0.15) is 0 Å². The number of hydrogen-bond acceptors (Lipinski definition) is 7. The van der Waals surface area contributed by atoms with Crippen molar-refractivity contribution in [3.05, 3.63) is 47.5 Å². The fraction of sp³-hybridized carbons (Fsp3) is 0.545. The molecule has 10 nitrogen and oxygen atoms in total. The molecule has 0 unspecified atom stereocenters. The van der Waals surface area contributed by atoms with Crippen LogP contribution in [0.1, 0.15) is 84.9 Å². The number of nitrogens with zero attached hydrogens (tertiary/aromatic N) is 2. The molecule has 3 fully saturated rings. The summed E-state index contributed by atoms with van der Waals surface area (Å²) in [5.74, 6) is 1.11.